The molecule has 9 heteroatoms. The average molecular weight is 409 g/mol. The van der Waals surface area contributed by atoms with E-state index in [9.17, 15) is 14.4 Å². The van der Waals surface area contributed by atoms with Gasteiger partial charge in [-0.15, -0.1) is 11.8 Å². The molecule has 1 saturated heterocycles. The molecule has 142 valence electrons. The number of furan rings is 1. The molecule has 7 nitrogen and oxygen atoms in total. The number of hydrogen-bond donors (Lipinski definition) is 1. The minimum atomic E-state index is -0.772. The van der Waals surface area contributed by atoms with Gasteiger partial charge in [-0.2, -0.15) is 0 Å². The predicted octanol–water partition coefficient (Wildman–Crippen LogP) is 3.08. The number of carbonyl (C=O) groups is 3. The number of nitrogens with one attached hydrogen (secondary N) is 1. The highest BCUT2D eigenvalue weighted by Gasteiger charge is 2.43. The summed E-state index contributed by atoms with van der Waals surface area (Å²) in [5.41, 5.74) is 0.542. The first-order chi connectivity index (χ1) is 13.0. The number of esters is 1. The summed E-state index contributed by atoms with van der Waals surface area (Å²) in [6.45, 7) is 0.940. The van der Waals surface area contributed by atoms with Crippen molar-refractivity contribution in [3.05, 3.63) is 53.4 Å². The third-order valence-electron chi connectivity index (χ3n) is 3.90. The second-order valence-corrected chi connectivity index (χ2v) is 7.36. The van der Waals surface area contributed by atoms with Crippen molar-refractivity contribution in [1.29, 1.82) is 0 Å². The second kappa shape index (κ2) is 8.49. The fourth-order valence-electron chi connectivity index (χ4n) is 2.69. The Morgan fingerprint density at radius 2 is 2.04 bits per heavy atom. The molecule has 2 aromatic rings. The number of benzene rings is 1. The van der Waals surface area contributed by atoms with Crippen LogP contribution in [-0.2, 0) is 19.1 Å². The Kier molecular flexibility index (Phi) is 6.08. The van der Waals surface area contributed by atoms with Crippen molar-refractivity contribution in [3.63, 3.8) is 0 Å². The van der Waals surface area contributed by atoms with Crippen molar-refractivity contribution in [2.45, 2.75) is 18.3 Å². The molecule has 3 rings (SSSR count). The third kappa shape index (κ3) is 4.64. The van der Waals surface area contributed by atoms with Crippen LogP contribution in [0.25, 0.3) is 0 Å². The minimum absolute atomic E-state index is 0.269. The summed E-state index contributed by atoms with van der Waals surface area (Å²) in [5, 5.41) is 2.76. The van der Waals surface area contributed by atoms with Crippen LogP contribution in [0.4, 0.5) is 5.69 Å². The quantitative estimate of drug-likeness (QED) is 0.765. The van der Waals surface area contributed by atoms with E-state index in [-0.39, 0.29) is 5.91 Å². The monoisotopic (exact) mass is 408 g/mol. The highest BCUT2D eigenvalue weighted by molar-refractivity contribution is 7.99. The molecule has 0 radical (unpaired) electrons. The lowest BCUT2D eigenvalue weighted by atomic mass is 10.2. The maximum Gasteiger partial charge on any atom is 0.330 e. The molecule has 0 aliphatic carbocycles. The van der Waals surface area contributed by atoms with Crippen molar-refractivity contribution in [1.82, 2.24) is 4.90 Å². The van der Waals surface area contributed by atoms with Crippen LogP contribution in [-0.4, -0.2) is 41.1 Å². The van der Waals surface area contributed by atoms with Crippen LogP contribution in [0.1, 0.15) is 18.1 Å². The van der Waals surface area contributed by atoms with Crippen LogP contribution in [0, 0.1) is 0 Å². The summed E-state index contributed by atoms with van der Waals surface area (Å²) in [4.78, 5) is 37.8. The fraction of sp³-hybridized carbons (Fsp3) is 0.278. The van der Waals surface area contributed by atoms with E-state index in [0.29, 0.717) is 22.2 Å². The molecule has 2 atom stereocenters. The normalized spacial score (nSPS) is 19.0. The van der Waals surface area contributed by atoms with Gasteiger partial charge in [0.2, 0.25) is 5.91 Å². The van der Waals surface area contributed by atoms with Crippen molar-refractivity contribution < 1.29 is 23.5 Å². The van der Waals surface area contributed by atoms with Crippen molar-refractivity contribution >= 4 is 46.8 Å². The largest absolute Gasteiger partial charge is 0.466 e. The summed E-state index contributed by atoms with van der Waals surface area (Å²) in [5.74, 6) is -0.422. The van der Waals surface area contributed by atoms with E-state index in [2.05, 4.69) is 5.32 Å². The van der Waals surface area contributed by atoms with Crippen LogP contribution in [0.15, 0.2) is 47.1 Å². The first kappa shape index (κ1) is 19.3. The highest BCUT2D eigenvalue weighted by atomic mass is 35.5. The Morgan fingerprint density at radius 3 is 2.67 bits per heavy atom. The molecule has 1 aromatic heterocycles. The zero-order valence-corrected chi connectivity index (χ0v) is 16.0. The Hall–Kier alpha value is -2.45. The number of hydrogen-bond acceptors (Lipinski definition) is 6. The van der Waals surface area contributed by atoms with Crippen molar-refractivity contribution in [2.24, 2.45) is 0 Å². The van der Waals surface area contributed by atoms with Gasteiger partial charge in [0.05, 0.1) is 6.26 Å². The number of carbonyl (C=O) groups excluding carboxylic acids is 3. The summed E-state index contributed by atoms with van der Waals surface area (Å²) in [7, 11) is 0. The van der Waals surface area contributed by atoms with Gasteiger partial charge in [-0.3, -0.25) is 9.59 Å². The highest BCUT2D eigenvalue weighted by Crippen LogP contribution is 2.41. The van der Waals surface area contributed by atoms with Gasteiger partial charge in [0.15, 0.2) is 6.61 Å². The van der Waals surface area contributed by atoms with Crippen LogP contribution in [0.5, 0.6) is 0 Å². The number of ether oxygens (including phenoxy) is 1. The molecule has 0 saturated carbocycles. The van der Waals surface area contributed by atoms with Gasteiger partial charge < -0.3 is 19.4 Å². The zero-order valence-electron chi connectivity index (χ0n) is 14.4. The molecule has 2 amide bonds. The molecular formula is C18H17ClN2O5S. The maximum atomic E-state index is 12.4. The van der Waals surface area contributed by atoms with Gasteiger partial charge in [0, 0.05) is 23.4 Å². The molecular weight excluding hydrogens is 392 g/mol. The van der Waals surface area contributed by atoms with Gasteiger partial charge >= 0.3 is 5.97 Å². The number of nitrogens with zero attached hydrogens (tertiary/aromatic N) is 1. The molecule has 1 N–H and O–H groups in total. The van der Waals surface area contributed by atoms with Crippen LogP contribution >= 0.6 is 23.4 Å². The first-order valence-electron chi connectivity index (χ1n) is 8.11. The van der Waals surface area contributed by atoms with Crippen molar-refractivity contribution in [2.75, 3.05) is 17.7 Å². The number of thioether (sulfide) groups is 1. The molecule has 1 fully saturated rings. The molecule has 1 aliphatic heterocycles. The number of rotatable bonds is 5. The molecule has 1 aliphatic rings. The molecule has 0 unspecified atom stereocenters. The molecule has 0 bridgehead atoms. The Morgan fingerprint density at radius 1 is 1.30 bits per heavy atom. The predicted molar refractivity (Wildman–Crippen MR) is 101 cm³/mol. The lowest BCUT2D eigenvalue weighted by molar-refractivity contribution is -0.155. The summed E-state index contributed by atoms with van der Waals surface area (Å²) >= 11 is 7.20. The van der Waals surface area contributed by atoms with E-state index in [1.54, 1.807) is 36.4 Å². The zero-order chi connectivity index (χ0) is 19.4. The maximum absolute atomic E-state index is 12.4. The smallest absolute Gasteiger partial charge is 0.330 e. The molecule has 1 aromatic carbocycles. The molecule has 27 heavy (non-hydrogen) atoms. The fourth-order valence-corrected chi connectivity index (χ4v) is 4.23. The summed E-state index contributed by atoms with van der Waals surface area (Å²) in [6.07, 6.45) is 1.51. The standard InChI is InChI=1S/C18H17ClN2O5S/c1-11(22)21-14(10-27-17(21)15-3-2-8-25-15)18(24)26-9-16(23)20-13-6-4-12(19)5-7-13/h2-8,14,17H,9-10H2,1H3,(H,20,23)/t14-,17-/m0/s1. The van der Waals surface area contributed by atoms with E-state index in [4.69, 9.17) is 20.8 Å². The van der Waals surface area contributed by atoms with E-state index in [0.717, 1.165) is 0 Å². The SMILES string of the molecule is CC(=O)N1[C@H](C(=O)OCC(=O)Nc2ccc(Cl)cc2)CS[C@H]1c1ccco1. The Bertz CT molecular complexity index is 825. The number of anilines is 1. The van der Waals surface area contributed by atoms with Crippen molar-refractivity contribution in [3.8, 4) is 0 Å². The van der Waals surface area contributed by atoms with E-state index in [1.807, 2.05) is 0 Å². The second-order valence-electron chi connectivity index (χ2n) is 5.81. The van der Waals surface area contributed by atoms with E-state index >= 15 is 0 Å². The van der Waals surface area contributed by atoms with Gasteiger partial charge in [-0.25, -0.2) is 4.79 Å². The van der Waals surface area contributed by atoms with Crippen LogP contribution in [0.2, 0.25) is 5.02 Å². The van der Waals surface area contributed by atoms with E-state index < -0.39 is 29.9 Å². The van der Waals surface area contributed by atoms with E-state index in [1.165, 1.54) is 29.8 Å². The third-order valence-corrected chi connectivity index (χ3v) is 5.43. The number of halogens is 1. The van der Waals surface area contributed by atoms with Crippen LogP contribution < -0.4 is 5.32 Å². The number of amides is 2. The molecule has 2 heterocycles. The van der Waals surface area contributed by atoms with Gasteiger partial charge in [-0.1, -0.05) is 11.6 Å². The van der Waals surface area contributed by atoms with Gasteiger partial charge in [-0.05, 0) is 36.4 Å². The summed E-state index contributed by atoms with van der Waals surface area (Å²) in [6, 6.07) is 9.26. The van der Waals surface area contributed by atoms with Gasteiger partial charge in [0.1, 0.15) is 17.2 Å². The Balaban J connectivity index is 1.57. The lowest BCUT2D eigenvalue weighted by Gasteiger charge is -2.25. The molecule has 0 spiro atoms. The Labute approximate surface area is 165 Å². The van der Waals surface area contributed by atoms with Crippen LogP contribution in [0.3, 0.4) is 0 Å². The summed E-state index contributed by atoms with van der Waals surface area (Å²) < 4.78 is 10.5. The lowest BCUT2D eigenvalue weighted by Crippen LogP contribution is -2.43. The topological polar surface area (TPSA) is 88.8 Å². The first-order valence-corrected chi connectivity index (χ1v) is 9.54. The average Bonchev–Trinajstić information content (AvgIpc) is 3.30. The minimum Gasteiger partial charge on any atom is -0.466 e. The van der Waals surface area contributed by atoms with Gasteiger partial charge in [0.25, 0.3) is 5.91 Å².